The van der Waals surface area contributed by atoms with E-state index in [1.54, 1.807) is 30.3 Å². The lowest BCUT2D eigenvalue weighted by Gasteiger charge is -2.20. The van der Waals surface area contributed by atoms with E-state index in [0.717, 1.165) is 31.3 Å². The second-order valence-electron chi connectivity index (χ2n) is 8.60. The minimum Gasteiger partial charge on any atom is -0.507 e. The van der Waals surface area contributed by atoms with Crippen LogP contribution in [0.2, 0.25) is 0 Å². The molecule has 0 heterocycles. The fourth-order valence-corrected chi connectivity index (χ4v) is 5.79. The van der Waals surface area contributed by atoms with Crippen LogP contribution in [-0.2, 0) is 16.1 Å². The highest BCUT2D eigenvalue weighted by molar-refractivity contribution is 9.11. The van der Waals surface area contributed by atoms with Gasteiger partial charge in [-0.3, -0.25) is 19.7 Å². The van der Waals surface area contributed by atoms with Crippen LogP contribution in [0.5, 0.6) is 5.75 Å². The molecule has 37 heavy (non-hydrogen) atoms. The van der Waals surface area contributed by atoms with Gasteiger partial charge < -0.3 is 9.84 Å². The first-order valence-electron chi connectivity index (χ1n) is 11.4. The van der Waals surface area contributed by atoms with Crippen LogP contribution >= 0.6 is 31.9 Å². The summed E-state index contributed by atoms with van der Waals surface area (Å²) in [5.74, 6) is -1.21. The maximum absolute atomic E-state index is 13.4. The van der Waals surface area contributed by atoms with Crippen molar-refractivity contribution in [2.24, 2.45) is 0 Å². The summed E-state index contributed by atoms with van der Waals surface area (Å²) in [6.07, 6.45) is 0. The molecular formula is C29H20Br2NO5+. The van der Waals surface area contributed by atoms with Crippen molar-refractivity contribution < 1.29 is 29.5 Å². The first-order chi connectivity index (χ1) is 17.7. The molecule has 8 heteroatoms. The van der Waals surface area contributed by atoms with Crippen LogP contribution in [-0.4, -0.2) is 22.6 Å². The molecule has 0 atom stereocenters. The normalized spacial score (nSPS) is 12.2. The van der Waals surface area contributed by atoms with E-state index in [4.69, 9.17) is 4.74 Å². The molecule has 0 aliphatic heterocycles. The van der Waals surface area contributed by atoms with E-state index in [-0.39, 0.29) is 46.6 Å². The van der Waals surface area contributed by atoms with Gasteiger partial charge >= 0.3 is 5.97 Å². The largest absolute Gasteiger partial charge is 0.507 e. The Morgan fingerprint density at radius 3 is 2.03 bits per heavy atom. The zero-order valence-electron chi connectivity index (χ0n) is 19.5. The Hall–Kier alpha value is -3.59. The maximum atomic E-state index is 13.4. The number of phenolic OH excluding ortho intramolecular Hbond substituents is 1. The van der Waals surface area contributed by atoms with Gasteiger partial charge in [0.1, 0.15) is 18.0 Å². The quantitative estimate of drug-likeness (QED) is 0.144. The molecule has 0 saturated carbocycles. The molecule has 0 amide bonds. The Bertz CT molecular complexity index is 1570. The minimum atomic E-state index is -0.372. The molecule has 6 nitrogen and oxygen atoms in total. The molecule has 3 N–H and O–H groups in total. The Labute approximate surface area is 229 Å². The molecule has 1 aliphatic rings. The van der Waals surface area contributed by atoms with Crippen molar-refractivity contribution >= 4 is 60.8 Å². The van der Waals surface area contributed by atoms with Crippen molar-refractivity contribution in [2.45, 2.75) is 13.5 Å². The third-order valence-electron chi connectivity index (χ3n) is 6.19. The van der Waals surface area contributed by atoms with Crippen molar-refractivity contribution in [1.82, 2.24) is 0 Å². The van der Waals surface area contributed by atoms with Crippen LogP contribution in [0.3, 0.4) is 0 Å². The number of quaternary nitrogens is 1. The number of fused-ring (bicyclic) bond motifs is 2. The lowest BCUT2D eigenvalue weighted by molar-refractivity contribution is -0.480. The van der Waals surface area contributed by atoms with Crippen molar-refractivity contribution in [3.63, 3.8) is 0 Å². The third-order valence-corrected chi connectivity index (χ3v) is 7.51. The molecule has 4 aromatic carbocycles. The highest BCUT2D eigenvalue weighted by atomic mass is 79.9. The van der Waals surface area contributed by atoms with Crippen molar-refractivity contribution in [2.75, 3.05) is 0 Å². The van der Waals surface area contributed by atoms with E-state index in [9.17, 15) is 19.5 Å². The number of rotatable bonds is 5. The number of aromatic hydroxyl groups is 1. The Morgan fingerprint density at radius 2 is 1.43 bits per heavy atom. The molecule has 0 spiro atoms. The summed E-state index contributed by atoms with van der Waals surface area (Å²) in [4.78, 5) is 37.6. The van der Waals surface area contributed by atoms with Crippen LogP contribution in [0.4, 0.5) is 11.4 Å². The standard InChI is InChI=1S/C29H19Br2NO5/c1-15(33)37-14-16-6-8-17(9-7-16)18-12-21(30)27(22(31)13-18)32-23-10-11-24(34)26-25(23)28(35)19-4-2-3-5-20(19)29(26)36/h2-13,32,34H,14H2,1H3/p+1. The minimum absolute atomic E-state index is 0.0233. The van der Waals surface area contributed by atoms with Crippen molar-refractivity contribution in [3.8, 4) is 16.9 Å². The molecule has 1 aliphatic carbocycles. The number of hydrogen-bond acceptors (Lipinski definition) is 5. The molecule has 0 unspecified atom stereocenters. The molecular weight excluding hydrogens is 602 g/mol. The molecule has 0 saturated heterocycles. The second-order valence-corrected chi connectivity index (χ2v) is 10.3. The fourth-order valence-electron chi connectivity index (χ4n) is 4.37. The molecule has 0 aromatic heterocycles. The van der Waals surface area contributed by atoms with Gasteiger partial charge in [-0.25, -0.2) is 0 Å². The number of phenols is 1. The van der Waals surface area contributed by atoms with Gasteiger partial charge in [-0.2, -0.15) is 0 Å². The number of esters is 1. The van der Waals surface area contributed by atoms with Crippen LogP contribution in [0, 0.1) is 0 Å². The van der Waals surface area contributed by atoms with Gasteiger partial charge in [0.2, 0.25) is 5.78 Å². The van der Waals surface area contributed by atoms with E-state index in [0.29, 0.717) is 11.3 Å². The molecule has 0 bridgehead atoms. The number of ether oxygens (including phenoxy) is 1. The number of carbonyl (C=O) groups is 3. The van der Waals surface area contributed by atoms with Gasteiger partial charge in [-0.1, -0.05) is 48.5 Å². The van der Waals surface area contributed by atoms with Crippen LogP contribution < -0.4 is 5.32 Å². The second kappa shape index (κ2) is 10.0. The highest BCUT2D eigenvalue weighted by Crippen LogP contribution is 2.38. The summed E-state index contributed by atoms with van der Waals surface area (Å²) in [6.45, 7) is 1.60. The summed E-state index contributed by atoms with van der Waals surface area (Å²) in [7, 11) is 0. The van der Waals surface area contributed by atoms with E-state index in [1.807, 2.05) is 41.7 Å². The van der Waals surface area contributed by atoms with Gasteiger partial charge in [-0.15, -0.1) is 0 Å². The number of halogens is 2. The zero-order chi connectivity index (χ0) is 26.3. The zero-order valence-corrected chi connectivity index (χ0v) is 22.7. The average Bonchev–Trinajstić information content (AvgIpc) is 2.89. The van der Waals surface area contributed by atoms with Gasteiger partial charge in [0, 0.05) is 24.1 Å². The first kappa shape index (κ1) is 25.1. The number of ketones is 2. The molecule has 184 valence electrons. The summed E-state index contributed by atoms with van der Waals surface area (Å²) in [5.41, 5.74) is 4.95. The van der Waals surface area contributed by atoms with E-state index in [1.165, 1.54) is 13.0 Å². The summed E-state index contributed by atoms with van der Waals surface area (Å²) in [5, 5.41) is 12.3. The highest BCUT2D eigenvalue weighted by Gasteiger charge is 2.35. The molecule has 4 aromatic rings. The van der Waals surface area contributed by atoms with Gasteiger partial charge in [0.25, 0.3) is 0 Å². The Balaban J connectivity index is 1.49. The van der Waals surface area contributed by atoms with Gasteiger partial charge in [0.05, 0.1) is 20.1 Å². The maximum Gasteiger partial charge on any atom is 0.302 e. The predicted molar refractivity (Wildman–Crippen MR) is 145 cm³/mol. The summed E-state index contributed by atoms with van der Waals surface area (Å²) >= 11 is 7.30. The summed E-state index contributed by atoms with van der Waals surface area (Å²) in [6, 6.07) is 21.4. The fraction of sp³-hybridized carbons (Fsp3) is 0.0690. The van der Waals surface area contributed by atoms with Gasteiger partial charge in [-0.05, 0) is 66.7 Å². The SMILES string of the molecule is CC(=O)OCc1ccc(-c2cc(Br)c([NH2+]c3ccc(O)c4c3C(=O)c3ccccc3C4=O)c(Br)c2)cc1. The smallest absolute Gasteiger partial charge is 0.302 e. The van der Waals surface area contributed by atoms with E-state index >= 15 is 0 Å². The summed E-state index contributed by atoms with van der Waals surface area (Å²) < 4.78 is 6.60. The monoisotopic (exact) mass is 620 g/mol. The third kappa shape index (κ3) is 4.75. The Morgan fingerprint density at radius 1 is 0.838 bits per heavy atom. The number of hydrogen-bond donors (Lipinski definition) is 2. The van der Waals surface area contributed by atoms with Crippen molar-refractivity contribution in [1.29, 1.82) is 0 Å². The number of nitrogens with two attached hydrogens (primary N) is 1. The average molecular weight is 622 g/mol. The Kier molecular flexibility index (Phi) is 6.81. The predicted octanol–water partition coefficient (Wildman–Crippen LogP) is 5.95. The lowest BCUT2D eigenvalue weighted by Crippen LogP contribution is -2.72. The van der Waals surface area contributed by atoms with Crippen molar-refractivity contribution in [3.05, 3.63) is 110 Å². The van der Waals surface area contributed by atoms with Gasteiger partial charge in [0.15, 0.2) is 11.5 Å². The lowest BCUT2D eigenvalue weighted by atomic mass is 9.82. The van der Waals surface area contributed by atoms with Crippen LogP contribution in [0.25, 0.3) is 11.1 Å². The molecule has 5 rings (SSSR count). The van der Waals surface area contributed by atoms with Crippen LogP contribution in [0.1, 0.15) is 44.3 Å². The molecule has 0 fully saturated rings. The van der Waals surface area contributed by atoms with E-state index < -0.39 is 0 Å². The first-order valence-corrected chi connectivity index (χ1v) is 12.9. The number of carbonyl (C=O) groups excluding carboxylic acids is 3. The van der Waals surface area contributed by atoms with Crippen LogP contribution in [0.15, 0.2) is 81.7 Å². The number of benzene rings is 4. The topological polar surface area (TPSA) is 97.3 Å². The molecule has 0 radical (unpaired) electrons. The van der Waals surface area contributed by atoms with E-state index in [2.05, 4.69) is 31.9 Å².